The maximum absolute atomic E-state index is 13.0. The second kappa shape index (κ2) is 5.71. The molecular formula is C15H19N3O2S. The normalized spacial score (nSPS) is 20.7. The predicted octanol–water partition coefficient (Wildman–Crippen LogP) is 1.74. The van der Waals surface area contributed by atoms with Gasteiger partial charge in [-0.2, -0.15) is 4.31 Å². The lowest BCUT2D eigenvalue weighted by Gasteiger charge is -2.34. The fourth-order valence-corrected chi connectivity index (χ4v) is 4.86. The van der Waals surface area contributed by atoms with Crippen molar-refractivity contribution < 1.29 is 8.42 Å². The third-order valence-corrected chi connectivity index (χ3v) is 6.05. The Balaban J connectivity index is 2.12. The Bertz CT molecular complexity index is 740. The van der Waals surface area contributed by atoms with Gasteiger partial charge in [0.1, 0.15) is 0 Å². The van der Waals surface area contributed by atoms with Crippen molar-refractivity contribution in [2.45, 2.75) is 30.2 Å². The van der Waals surface area contributed by atoms with Crippen LogP contribution in [0.3, 0.4) is 0 Å². The summed E-state index contributed by atoms with van der Waals surface area (Å²) in [5.41, 5.74) is 6.46. The molecule has 3 rings (SSSR count). The standard InChI is InChI=1S/C15H19N3O2S/c16-11-12-5-1-2-10-18(12)21(19,20)15-8-3-7-14-13(15)6-4-9-17-14/h3-4,6-9,12H,1-2,5,10-11,16H2. The molecule has 0 amide bonds. The van der Waals surface area contributed by atoms with Crippen LogP contribution in [0.4, 0.5) is 0 Å². The van der Waals surface area contributed by atoms with Crippen molar-refractivity contribution in [3.8, 4) is 0 Å². The summed E-state index contributed by atoms with van der Waals surface area (Å²) >= 11 is 0. The molecule has 1 unspecified atom stereocenters. The van der Waals surface area contributed by atoms with Crippen LogP contribution >= 0.6 is 0 Å². The van der Waals surface area contributed by atoms with E-state index in [1.807, 2.05) is 6.07 Å². The van der Waals surface area contributed by atoms with Gasteiger partial charge >= 0.3 is 0 Å². The minimum Gasteiger partial charge on any atom is -0.329 e. The molecule has 0 saturated carbocycles. The summed E-state index contributed by atoms with van der Waals surface area (Å²) in [6.45, 7) is 0.906. The zero-order chi connectivity index (χ0) is 14.9. The van der Waals surface area contributed by atoms with Gasteiger partial charge in [-0.1, -0.05) is 12.5 Å². The van der Waals surface area contributed by atoms with Gasteiger partial charge in [-0.15, -0.1) is 0 Å². The topological polar surface area (TPSA) is 76.3 Å². The van der Waals surface area contributed by atoms with Crippen molar-refractivity contribution >= 4 is 20.9 Å². The van der Waals surface area contributed by atoms with Gasteiger partial charge in [0.25, 0.3) is 0 Å². The van der Waals surface area contributed by atoms with E-state index in [0.29, 0.717) is 28.9 Å². The first kappa shape index (κ1) is 14.4. The van der Waals surface area contributed by atoms with Crippen LogP contribution < -0.4 is 5.73 Å². The number of pyridine rings is 1. The van der Waals surface area contributed by atoms with Gasteiger partial charge in [0.15, 0.2) is 0 Å². The highest BCUT2D eigenvalue weighted by atomic mass is 32.2. The molecule has 0 aliphatic carbocycles. The Kier molecular flexibility index (Phi) is 3.93. The highest BCUT2D eigenvalue weighted by Crippen LogP contribution is 2.29. The van der Waals surface area contributed by atoms with Gasteiger partial charge < -0.3 is 5.73 Å². The Morgan fingerprint density at radius 3 is 2.90 bits per heavy atom. The number of rotatable bonds is 3. The van der Waals surface area contributed by atoms with Crippen LogP contribution in [0.5, 0.6) is 0 Å². The van der Waals surface area contributed by atoms with E-state index in [1.165, 1.54) is 0 Å². The monoisotopic (exact) mass is 305 g/mol. The molecule has 0 radical (unpaired) electrons. The molecule has 2 heterocycles. The summed E-state index contributed by atoms with van der Waals surface area (Å²) in [5, 5.41) is 0.668. The molecule has 0 bridgehead atoms. The number of sulfonamides is 1. The smallest absolute Gasteiger partial charge is 0.244 e. The van der Waals surface area contributed by atoms with E-state index in [2.05, 4.69) is 4.98 Å². The van der Waals surface area contributed by atoms with Crippen molar-refractivity contribution in [3.63, 3.8) is 0 Å². The Morgan fingerprint density at radius 1 is 1.24 bits per heavy atom. The van der Waals surface area contributed by atoms with E-state index in [-0.39, 0.29) is 6.04 Å². The van der Waals surface area contributed by atoms with Crippen LogP contribution in [0.25, 0.3) is 10.9 Å². The average molecular weight is 305 g/mol. The van der Waals surface area contributed by atoms with Crippen molar-refractivity contribution in [3.05, 3.63) is 36.5 Å². The number of hydrogen-bond donors (Lipinski definition) is 1. The molecule has 1 atom stereocenters. The lowest BCUT2D eigenvalue weighted by atomic mass is 10.1. The highest BCUT2D eigenvalue weighted by molar-refractivity contribution is 7.89. The van der Waals surface area contributed by atoms with E-state index in [1.54, 1.807) is 34.8 Å². The summed E-state index contributed by atoms with van der Waals surface area (Å²) in [4.78, 5) is 4.56. The molecule has 1 aliphatic heterocycles. The van der Waals surface area contributed by atoms with Crippen LogP contribution in [0.2, 0.25) is 0 Å². The summed E-state index contributed by atoms with van der Waals surface area (Å²) < 4.78 is 27.6. The molecule has 2 aromatic rings. The maximum Gasteiger partial charge on any atom is 0.244 e. The minimum absolute atomic E-state index is 0.101. The quantitative estimate of drug-likeness (QED) is 0.937. The van der Waals surface area contributed by atoms with Gasteiger partial charge in [0.2, 0.25) is 10.0 Å². The van der Waals surface area contributed by atoms with Crippen LogP contribution in [-0.4, -0.2) is 36.8 Å². The highest BCUT2D eigenvalue weighted by Gasteiger charge is 2.33. The van der Waals surface area contributed by atoms with Gasteiger partial charge in [-0.05, 0) is 37.1 Å². The molecule has 1 aromatic carbocycles. The number of nitrogens with two attached hydrogens (primary N) is 1. The summed E-state index contributed by atoms with van der Waals surface area (Å²) in [7, 11) is -3.54. The third-order valence-electron chi connectivity index (χ3n) is 4.04. The Hall–Kier alpha value is -1.50. The molecule has 1 saturated heterocycles. The summed E-state index contributed by atoms with van der Waals surface area (Å²) in [6, 6.07) is 8.68. The zero-order valence-corrected chi connectivity index (χ0v) is 12.6. The van der Waals surface area contributed by atoms with E-state index < -0.39 is 10.0 Å². The first-order valence-electron chi connectivity index (χ1n) is 7.20. The average Bonchev–Trinajstić information content (AvgIpc) is 2.54. The molecule has 1 aliphatic rings. The number of piperidine rings is 1. The first-order chi connectivity index (χ1) is 10.1. The van der Waals surface area contributed by atoms with Crippen molar-refractivity contribution in [2.24, 2.45) is 5.73 Å². The first-order valence-corrected chi connectivity index (χ1v) is 8.64. The maximum atomic E-state index is 13.0. The van der Waals surface area contributed by atoms with Gasteiger partial charge in [0.05, 0.1) is 10.4 Å². The molecule has 2 N–H and O–H groups in total. The van der Waals surface area contributed by atoms with E-state index in [0.717, 1.165) is 19.3 Å². The van der Waals surface area contributed by atoms with Crippen LogP contribution in [0.15, 0.2) is 41.4 Å². The van der Waals surface area contributed by atoms with E-state index in [9.17, 15) is 8.42 Å². The van der Waals surface area contributed by atoms with Crippen molar-refractivity contribution in [1.29, 1.82) is 0 Å². The number of nitrogens with zero attached hydrogens (tertiary/aromatic N) is 2. The minimum atomic E-state index is -3.54. The fraction of sp³-hybridized carbons (Fsp3) is 0.400. The largest absolute Gasteiger partial charge is 0.329 e. The lowest BCUT2D eigenvalue weighted by Crippen LogP contribution is -2.47. The van der Waals surface area contributed by atoms with Gasteiger partial charge in [0, 0.05) is 30.7 Å². The second-order valence-electron chi connectivity index (χ2n) is 5.33. The van der Waals surface area contributed by atoms with Crippen molar-refractivity contribution in [1.82, 2.24) is 9.29 Å². The lowest BCUT2D eigenvalue weighted by molar-refractivity contribution is 0.258. The van der Waals surface area contributed by atoms with E-state index in [4.69, 9.17) is 5.73 Å². The molecule has 112 valence electrons. The van der Waals surface area contributed by atoms with E-state index >= 15 is 0 Å². The van der Waals surface area contributed by atoms with Crippen molar-refractivity contribution in [2.75, 3.05) is 13.1 Å². The molecule has 0 spiro atoms. The fourth-order valence-electron chi connectivity index (χ4n) is 2.95. The van der Waals surface area contributed by atoms with Gasteiger partial charge in [-0.3, -0.25) is 4.98 Å². The molecule has 1 aromatic heterocycles. The number of fused-ring (bicyclic) bond motifs is 1. The predicted molar refractivity (Wildman–Crippen MR) is 82.3 cm³/mol. The summed E-state index contributed by atoms with van der Waals surface area (Å²) in [5.74, 6) is 0. The summed E-state index contributed by atoms with van der Waals surface area (Å²) in [6.07, 6.45) is 4.42. The molecule has 1 fully saturated rings. The zero-order valence-electron chi connectivity index (χ0n) is 11.8. The third kappa shape index (κ3) is 2.54. The number of aromatic nitrogens is 1. The van der Waals surface area contributed by atoms with Gasteiger partial charge in [-0.25, -0.2) is 8.42 Å². The Labute approximate surface area is 124 Å². The molecular weight excluding hydrogens is 286 g/mol. The van der Waals surface area contributed by atoms with Crippen LogP contribution in [0, 0.1) is 0 Å². The molecule has 6 heteroatoms. The SMILES string of the molecule is NCC1CCCCN1S(=O)(=O)c1cccc2ncccc12. The second-order valence-corrected chi connectivity index (χ2v) is 7.19. The van der Waals surface area contributed by atoms with Crippen LogP contribution in [-0.2, 0) is 10.0 Å². The molecule has 21 heavy (non-hydrogen) atoms. The van der Waals surface area contributed by atoms with Crippen LogP contribution in [0.1, 0.15) is 19.3 Å². The Morgan fingerprint density at radius 2 is 2.10 bits per heavy atom. The number of hydrogen-bond acceptors (Lipinski definition) is 4. The number of benzene rings is 1. The molecule has 5 nitrogen and oxygen atoms in total.